The summed E-state index contributed by atoms with van der Waals surface area (Å²) in [6.45, 7) is 0. The van der Waals surface area contributed by atoms with Crippen LogP contribution in [-0.2, 0) is 17.1 Å². The van der Waals surface area contributed by atoms with Crippen LogP contribution < -0.4 is 0 Å². The Balaban J connectivity index is 0. The molecule has 0 fully saturated rings. The summed E-state index contributed by atoms with van der Waals surface area (Å²) in [5.41, 5.74) is 0. The van der Waals surface area contributed by atoms with Crippen LogP contribution in [0.3, 0.4) is 0 Å². The molecule has 0 saturated heterocycles. The molecule has 0 heterocycles. The van der Waals surface area contributed by atoms with E-state index in [1.807, 2.05) is 0 Å². The fourth-order valence-corrected chi connectivity index (χ4v) is 0. The van der Waals surface area contributed by atoms with Crippen molar-refractivity contribution in [2.24, 2.45) is 0 Å². The molecule has 0 aromatic rings. The van der Waals surface area contributed by atoms with Crippen molar-refractivity contribution in [1.82, 2.24) is 0 Å². The minimum absolute atomic E-state index is 0. The van der Waals surface area contributed by atoms with Crippen molar-refractivity contribution in [3.05, 3.63) is 0 Å². The molecule has 0 aliphatic heterocycles. The number of rotatable bonds is 0. The van der Waals surface area contributed by atoms with Crippen molar-refractivity contribution in [1.29, 1.82) is 0 Å². The van der Waals surface area contributed by atoms with Crippen molar-refractivity contribution in [3.8, 4) is 0 Å². The zero-order chi connectivity index (χ0) is 0. The van der Waals surface area contributed by atoms with E-state index in [0.29, 0.717) is 0 Å². The van der Waals surface area contributed by atoms with Gasteiger partial charge in [0.15, 0.2) is 0 Å². The first-order valence-electron chi connectivity index (χ1n) is 0. The van der Waals surface area contributed by atoms with Crippen LogP contribution in [0.2, 0.25) is 0 Å². The maximum Gasteiger partial charge on any atom is 2.00 e. The van der Waals surface area contributed by atoms with Gasteiger partial charge in [0.2, 0.25) is 0 Å². The summed E-state index contributed by atoms with van der Waals surface area (Å²) in [7, 11) is 0. The van der Waals surface area contributed by atoms with Crippen molar-refractivity contribution < 1.29 is 25.4 Å². The summed E-state index contributed by atoms with van der Waals surface area (Å²) >= 11 is 0. The van der Waals surface area contributed by atoms with Gasteiger partial charge in [-0.15, -0.1) is 0 Å². The number of hydrogen-bond donors (Lipinski definition) is 0. The van der Waals surface area contributed by atoms with Gasteiger partial charge in [0.25, 0.3) is 0 Å². The second-order valence-corrected chi connectivity index (χ2v) is 0. The van der Waals surface area contributed by atoms with E-state index in [-0.39, 0.29) is 74.1 Å². The molecule has 2 N–H and O–H groups in total. The predicted octanol–water partition coefficient (Wildman–Crippen LogP) is -2.43. The Morgan fingerprint density at radius 1 is 1.25 bits per heavy atom. The second-order valence-electron chi connectivity index (χ2n) is 0. The molecule has 1 nitrogen and oxygen atoms in total. The van der Waals surface area contributed by atoms with E-state index in [9.17, 15) is 0 Å². The Bertz CT molecular complexity index is 13.5. The summed E-state index contributed by atoms with van der Waals surface area (Å²) in [6.07, 6.45) is 0. The Kier molecular flexibility index (Phi) is 194. The summed E-state index contributed by atoms with van der Waals surface area (Å²) in [4.78, 5) is 0. The van der Waals surface area contributed by atoms with Gasteiger partial charge in [0, 0.05) is 17.1 Å². The molecule has 0 bridgehead atoms. The van der Waals surface area contributed by atoms with E-state index >= 15 is 0 Å². The van der Waals surface area contributed by atoms with Crippen LogP contribution in [0.5, 0.6) is 0 Å². The molecule has 0 saturated carbocycles. The van der Waals surface area contributed by atoms with E-state index < -0.39 is 0 Å². The molecule has 4 heavy (non-hydrogen) atoms. The van der Waals surface area contributed by atoms with Gasteiger partial charge in [-0.1, -0.05) is 0 Å². The molecule has 0 unspecified atom stereocenters. The fraction of sp³-hybridized carbons (Fsp3) is 0. The second kappa shape index (κ2) is 20.3. The first kappa shape index (κ1) is 38.2. The standard InChI is InChI=1S/Ca.Mn.H2O.H4Si.2H/h;;1H2;1H4;;/q+2;;;;2*-1. The van der Waals surface area contributed by atoms with E-state index in [0.717, 1.165) is 0 Å². The first-order valence-corrected chi connectivity index (χ1v) is 0. The van der Waals surface area contributed by atoms with E-state index in [1.54, 1.807) is 0 Å². The molecule has 0 aliphatic carbocycles. The molecular formula is H8CaMnOSi. The molecule has 0 spiro atoms. The minimum Gasteiger partial charge on any atom is -1.00 e. The first-order chi connectivity index (χ1) is 0. The Morgan fingerprint density at radius 3 is 1.25 bits per heavy atom. The summed E-state index contributed by atoms with van der Waals surface area (Å²) in [5, 5.41) is 0. The van der Waals surface area contributed by atoms with Gasteiger partial charge >= 0.3 is 37.7 Å². The SMILES string of the molecule is O.[Ca+2].[H-].[H-].[Mn].[SiH4]. The van der Waals surface area contributed by atoms with Crippen LogP contribution in [0.15, 0.2) is 0 Å². The summed E-state index contributed by atoms with van der Waals surface area (Å²) < 4.78 is 0. The molecular weight excluding hydrogens is 139 g/mol. The molecule has 0 aliphatic rings. The monoisotopic (exact) mass is 147 g/mol. The van der Waals surface area contributed by atoms with E-state index in [2.05, 4.69) is 0 Å². The Morgan fingerprint density at radius 2 is 1.25 bits per heavy atom. The average Bonchev–Trinajstić information content (AvgIpc) is 0. The molecule has 0 rings (SSSR count). The third kappa shape index (κ3) is 9.03. The third-order valence-electron chi connectivity index (χ3n) is 0. The molecule has 27 valence electrons. The van der Waals surface area contributed by atoms with Crippen LogP contribution in [0, 0.1) is 0 Å². The molecule has 1 radical (unpaired) electrons. The summed E-state index contributed by atoms with van der Waals surface area (Å²) in [5.74, 6) is 0. The quantitative estimate of drug-likeness (QED) is 0.341. The zero-order valence-corrected chi connectivity index (χ0v) is 4.97. The van der Waals surface area contributed by atoms with Gasteiger partial charge in [-0.3, -0.25) is 0 Å². The topological polar surface area (TPSA) is 31.5 Å². The van der Waals surface area contributed by atoms with Gasteiger partial charge in [0.05, 0.1) is 0 Å². The van der Waals surface area contributed by atoms with Crippen molar-refractivity contribution in [2.45, 2.75) is 0 Å². The van der Waals surface area contributed by atoms with Gasteiger partial charge in [0.1, 0.15) is 0 Å². The van der Waals surface area contributed by atoms with E-state index in [1.165, 1.54) is 0 Å². The third-order valence-corrected chi connectivity index (χ3v) is 0. The smallest absolute Gasteiger partial charge is 1.00 e. The van der Waals surface area contributed by atoms with E-state index in [4.69, 9.17) is 0 Å². The average molecular weight is 147 g/mol. The van der Waals surface area contributed by atoms with Crippen molar-refractivity contribution in [2.75, 3.05) is 0 Å². The largest absolute Gasteiger partial charge is 2.00 e. The maximum atomic E-state index is 0. The molecule has 0 atom stereocenters. The normalized spacial score (nSPS) is 0. The number of hydrogen-bond acceptors (Lipinski definition) is 0. The van der Waals surface area contributed by atoms with Crippen LogP contribution in [0.25, 0.3) is 0 Å². The van der Waals surface area contributed by atoms with Crippen molar-refractivity contribution >= 4 is 48.7 Å². The van der Waals surface area contributed by atoms with Crippen LogP contribution in [-0.4, -0.2) is 54.2 Å². The van der Waals surface area contributed by atoms with Gasteiger partial charge in [-0.25, -0.2) is 0 Å². The minimum atomic E-state index is 0. The van der Waals surface area contributed by atoms with Gasteiger partial charge < -0.3 is 8.33 Å². The Labute approximate surface area is 73.3 Å². The summed E-state index contributed by atoms with van der Waals surface area (Å²) in [6, 6.07) is 0. The van der Waals surface area contributed by atoms with Crippen LogP contribution in [0.4, 0.5) is 0 Å². The Hall–Kier alpha value is 1.96. The maximum absolute atomic E-state index is 0. The zero-order valence-electron chi connectivity index (χ0n) is 3.59. The van der Waals surface area contributed by atoms with Gasteiger partial charge in [-0.2, -0.15) is 0 Å². The van der Waals surface area contributed by atoms with Gasteiger partial charge in [-0.05, 0) is 11.0 Å². The van der Waals surface area contributed by atoms with Crippen LogP contribution in [0.1, 0.15) is 2.85 Å². The predicted molar refractivity (Wildman–Crippen MR) is 22.9 cm³/mol. The molecule has 0 amide bonds. The molecule has 0 aromatic heterocycles. The van der Waals surface area contributed by atoms with Crippen molar-refractivity contribution in [3.63, 3.8) is 0 Å². The van der Waals surface area contributed by atoms with Crippen LogP contribution >= 0.6 is 0 Å². The fourth-order valence-electron chi connectivity index (χ4n) is 0. The molecule has 4 heteroatoms. The molecule has 0 aromatic carbocycles.